The van der Waals surface area contributed by atoms with Gasteiger partial charge in [-0.2, -0.15) is 0 Å². The third kappa shape index (κ3) is 4.51. The van der Waals surface area contributed by atoms with Gasteiger partial charge in [0.2, 0.25) is 5.91 Å². The molecule has 0 aromatic heterocycles. The molecule has 1 saturated carbocycles. The number of carbonyl (C=O) groups is 1. The number of rotatable bonds is 5. The van der Waals surface area contributed by atoms with Crippen molar-refractivity contribution in [2.45, 2.75) is 67.7 Å². The van der Waals surface area contributed by atoms with Crippen molar-refractivity contribution >= 4 is 17.7 Å². The van der Waals surface area contributed by atoms with Gasteiger partial charge in [-0.15, -0.1) is 11.8 Å². The van der Waals surface area contributed by atoms with E-state index < -0.39 is 0 Å². The Kier molecular flexibility index (Phi) is 6.01. The first-order chi connectivity index (χ1) is 11.2. The van der Waals surface area contributed by atoms with Crippen LogP contribution >= 0.6 is 11.8 Å². The van der Waals surface area contributed by atoms with E-state index in [1.165, 1.54) is 45.2 Å². The highest BCUT2D eigenvalue weighted by molar-refractivity contribution is 8.00. The quantitative estimate of drug-likeness (QED) is 0.835. The molecule has 1 aliphatic carbocycles. The Bertz CT molecular complexity index is 501. The number of benzene rings is 1. The molecular weight excluding hydrogens is 304 g/mol. The summed E-state index contributed by atoms with van der Waals surface area (Å²) in [5, 5.41) is 3.32. The molecule has 1 N–H and O–H groups in total. The molecule has 2 fully saturated rings. The predicted molar refractivity (Wildman–Crippen MR) is 96.8 cm³/mol. The lowest BCUT2D eigenvalue weighted by Crippen LogP contribution is -2.53. The van der Waals surface area contributed by atoms with Crippen molar-refractivity contribution < 1.29 is 4.79 Å². The highest BCUT2D eigenvalue weighted by atomic mass is 32.2. The average Bonchev–Trinajstić information content (AvgIpc) is 3.10. The largest absolute Gasteiger partial charge is 0.351 e. The summed E-state index contributed by atoms with van der Waals surface area (Å²) in [6.07, 6.45) is 7.56. The molecule has 3 nitrogen and oxygen atoms in total. The number of hydrogen-bond donors (Lipinski definition) is 1. The minimum Gasteiger partial charge on any atom is -0.351 e. The lowest BCUT2D eigenvalue weighted by molar-refractivity contribution is -0.121. The minimum atomic E-state index is -0.0430. The van der Waals surface area contributed by atoms with Gasteiger partial charge in [0.05, 0.1) is 5.25 Å². The maximum Gasteiger partial charge on any atom is 0.233 e. The Morgan fingerprint density at radius 1 is 1.13 bits per heavy atom. The standard InChI is InChI=1S/C19H28N2OS/c1-15(23-16-9-3-2-4-10-16)19(22)20-17-11-5-6-12-18(17)21-13-7-8-14-21/h2-4,9-10,15,17-18H,5-8,11-14H2,1H3,(H,20,22). The summed E-state index contributed by atoms with van der Waals surface area (Å²) < 4.78 is 0. The van der Waals surface area contributed by atoms with Crippen LogP contribution in [0.5, 0.6) is 0 Å². The number of amides is 1. The van der Waals surface area contributed by atoms with E-state index in [0.29, 0.717) is 12.1 Å². The van der Waals surface area contributed by atoms with Gasteiger partial charge in [-0.05, 0) is 57.8 Å². The highest BCUT2D eigenvalue weighted by Gasteiger charge is 2.33. The zero-order valence-electron chi connectivity index (χ0n) is 14.0. The van der Waals surface area contributed by atoms with Gasteiger partial charge < -0.3 is 5.32 Å². The molecule has 2 aliphatic rings. The predicted octanol–water partition coefficient (Wildman–Crippen LogP) is 3.69. The second-order valence-corrected chi connectivity index (χ2v) is 8.20. The van der Waals surface area contributed by atoms with Gasteiger partial charge in [0.25, 0.3) is 0 Å². The smallest absolute Gasteiger partial charge is 0.233 e. The Morgan fingerprint density at radius 3 is 2.57 bits per heavy atom. The second kappa shape index (κ2) is 8.20. The highest BCUT2D eigenvalue weighted by Crippen LogP contribution is 2.27. The van der Waals surface area contributed by atoms with Gasteiger partial charge in [0.1, 0.15) is 0 Å². The lowest BCUT2D eigenvalue weighted by Gasteiger charge is -2.38. The fraction of sp³-hybridized carbons (Fsp3) is 0.632. The molecule has 3 rings (SSSR count). The summed E-state index contributed by atoms with van der Waals surface area (Å²) in [5.41, 5.74) is 0. The van der Waals surface area contributed by atoms with Crippen LogP contribution in [0.1, 0.15) is 45.4 Å². The molecule has 0 spiro atoms. The normalized spacial score (nSPS) is 26.8. The molecule has 1 saturated heterocycles. The molecule has 0 radical (unpaired) electrons. The lowest BCUT2D eigenvalue weighted by atomic mass is 9.89. The van der Waals surface area contributed by atoms with Gasteiger partial charge in [0.15, 0.2) is 0 Å². The first-order valence-electron chi connectivity index (χ1n) is 9.00. The van der Waals surface area contributed by atoms with Crippen molar-refractivity contribution in [2.75, 3.05) is 13.1 Å². The van der Waals surface area contributed by atoms with Crippen LogP contribution < -0.4 is 5.32 Å². The Hall–Kier alpha value is -1.00. The summed E-state index contributed by atoms with van der Waals surface area (Å²) >= 11 is 1.65. The number of likely N-dealkylation sites (tertiary alicyclic amines) is 1. The number of nitrogens with one attached hydrogen (secondary N) is 1. The van der Waals surface area contributed by atoms with Crippen molar-refractivity contribution in [3.63, 3.8) is 0 Å². The van der Waals surface area contributed by atoms with Crippen LogP contribution in [0.25, 0.3) is 0 Å². The van der Waals surface area contributed by atoms with E-state index >= 15 is 0 Å². The van der Waals surface area contributed by atoms with Crippen LogP contribution in [-0.2, 0) is 4.79 Å². The van der Waals surface area contributed by atoms with E-state index in [9.17, 15) is 4.79 Å². The molecule has 1 aliphatic heterocycles. The zero-order chi connectivity index (χ0) is 16.1. The average molecular weight is 333 g/mol. The molecule has 0 bridgehead atoms. The van der Waals surface area contributed by atoms with Gasteiger partial charge in [-0.1, -0.05) is 31.0 Å². The van der Waals surface area contributed by atoms with Crippen LogP contribution in [0.3, 0.4) is 0 Å². The number of thioether (sulfide) groups is 1. The molecule has 3 atom stereocenters. The van der Waals surface area contributed by atoms with E-state index in [-0.39, 0.29) is 11.2 Å². The van der Waals surface area contributed by atoms with E-state index in [0.717, 1.165) is 11.3 Å². The van der Waals surface area contributed by atoms with Crippen molar-refractivity contribution in [1.29, 1.82) is 0 Å². The number of nitrogens with zero attached hydrogens (tertiary/aromatic N) is 1. The molecule has 1 amide bonds. The monoisotopic (exact) mass is 332 g/mol. The van der Waals surface area contributed by atoms with Gasteiger partial charge in [0, 0.05) is 17.0 Å². The SMILES string of the molecule is CC(Sc1ccccc1)C(=O)NC1CCCCC1N1CCCC1. The summed E-state index contributed by atoms with van der Waals surface area (Å²) in [6, 6.07) is 11.1. The van der Waals surface area contributed by atoms with Crippen molar-refractivity contribution in [2.24, 2.45) is 0 Å². The van der Waals surface area contributed by atoms with Crippen molar-refractivity contribution in [1.82, 2.24) is 10.2 Å². The van der Waals surface area contributed by atoms with E-state index in [2.05, 4.69) is 22.3 Å². The van der Waals surface area contributed by atoms with E-state index in [1.807, 2.05) is 25.1 Å². The summed E-state index contributed by atoms with van der Waals surface area (Å²) in [4.78, 5) is 16.4. The summed E-state index contributed by atoms with van der Waals surface area (Å²) in [6.45, 7) is 4.44. The number of carbonyl (C=O) groups excluding carboxylic acids is 1. The van der Waals surface area contributed by atoms with Gasteiger partial charge in [-0.25, -0.2) is 0 Å². The van der Waals surface area contributed by atoms with Crippen LogP contribution in [0.4, 0.5) is 0 Å². The number of hydrogen-bond acceptors (Lipinski definition) is 3. The minimum absolute atomic E-state index is 0.0430. The van der Waals surface area contributed by atoms with Crippen LogP contribution in [0, 0.1) is 0 Å². The molecule has 1 aromatic rings. The Balaban J connectivity index is 1.56. The van der Waals surface area contributed by atoms with Gasteiger partial charge >= 0.3 is 0 Å². The molecule has 126 valence electrons. The topological polar surface area (TPSA) is 32.3 Å². The summed E-state index contributed by atoms with van der Waals surface area (Å²) in [7, 11) is 0. The zero-order valence-corrected chi connectivity index (χ0v) is 14.9. The first-order valence-corrected chi connectivity index (χ1v) is 9.88. The molecular formula is C19H28N2OS. The Morgan fingerprint density at radius 2 is 1.83 bits per heavy atom. The molecule has 3 unspecified atom stereocenters. The molecule has 1 heterocycles. The van der Waals surface area contributed by atoms with Gasteiger partial charge in [-0.3, -0.25) is 9.69 Å². The molecule has 23 heavy (non-hydrogen) atoms. The summed E-state index contributed by atoms with van der Waals surface area (Å²) in [5.74, 6) is 0.190. The Labute approximate surface area is 144 Å². The third-order valence-electron chi connectivity index (χ3n) is 5.09. The van der Waals surface area contributed by atoms with E-state index in [4.69, 9.17) is 0 Å². The molecule has 4 heteroatoms. The third-order valence-corrected chi connectivity index (χ3v) is 6.20. The van der Waals surface area contributed by atoms with E-state index in [1.54, 1.807) is 11.8 Å². The van der Waals surface area contributed by atoms with Crippen molar-refractivity contribution in [3.05, 3.63) is 30.3 Å². The maximum absolute atomic E-state index is 12.6. The maximum atomic E-state index is 12.6. The van der Waals surface area contributed by atoms with Crippen LogP contribution in [0.2, 0.25) is 0 Å². The first kappa shape index (κ1) is 16.8. The van der Waals surface area contributed by atoms with Crippen molar-refractivity contribution in [3.8, 4) is 0 Å². The second-order valence-electron chi connectivity index (χ2n) is 6.78. The fourth-order valence-corrected chi connectivity index (χ4v) is 4.74. The fourth-order valence-electron chi connectivity index (χ4n) is 3.85. The van der Waals surface area contributed by atoms with Crippen LogP contribution in [0.15, 0.2) is 35.2 Å². The molecule has 1 aromatic carbocycles. The van der Waals surface area contributed by atoms with Crippen LogP contribution in [-0.4, -0.2) is 41.2 Å².